The number of halogens is 2. The lowest BCUT2D eigenvalue weighted by Crippen LogP contribution is -1.89. The Labute approximate surface area is 79.4 Å². The molecule has 1 heterocycles. The average molecular weight is 197 g/mol. The molecule has 2 rings (SSSR count). The van der Waals surface area contributed by atoms with Gasteiger partial charge in [0, 0.05) is 10.8 Å². The van der Waals surface area contributed by atoms with Crippen LogP contribution in [-0.4, -0.2) is 10.2 Å². The maximum absolute atomic E-state index is 12.9. The van der Waals surface area contributed by atoms with Gasteiger partial charge in [0.1, 0.15) is 5.82 Å². The topological polar surface area (TPSA) is 25.8 Å². The molecule has 0 spiro atoms. The number of fused-ring (bicyclic) bond motifs is 1. The number of hydrogen-bond acceptors (Lipinski definition) is 2. The van der Waals surface area contributed by atoms with Gasteiger partial charge in [0.05, 0.1) is 16.9 Å². The fraction of sp³-hybridized carbons (Fsp3) is 0.111. The molecule has 0 saturated carbocycles. The molecule has 0 unspecified atom stereocenters. The zero-order valence-corrected chi connectivity index (χ0v) is 7.64. The average Bonchev–Trinajstić information content (AvgIpc) is 2.07. The summed E-state index contributed by atoms with van der Waals surface area (Å²) in [6, 6.07) is 2.68. The van der Waals surface area contributed by atoms with Gasteiger partial charge in [0.25, 0.3) is 0 Å². The Bertz CT molecular complexity index is 470. The first kappa shape index (κ1) is 8.38. The van der Waals surface area contributed by atoms with Gasteiger partial charge in [-0.3, -0.25) is 0 Å². The Kier molecular flexibility index (Phi) is 1.88. The summed E-state index contributed by atoms with van der Waals surface area (Å²) in [6.45, 7) is 1.77. The van der Waals surface area contributed by atoms with Crippen LogP contribution < -0.4 is 0 Å². The molecule has 0 bridgehead atoms. The minimum atomic E-state index is -0.353. The van der Waals surface area contributed by atoms with Crippen LogP contribution in [0.4, 0.5) is 4.39 Å². The van der Waals surface area contributed by atoms with Crippen molar-refractivity contribution in [3.63, 3.8) is 0 Å². The van der Waals surface area contributed by atoms with Gasteiger partial charge >= 0.3 is 0 Å². The van der Waals surface area contributed by atoms with Crippen LogP contribution in [0.25, 0.3) is 10.8 Å². The lowest BCUT2D eigenvalue weighted by molar-refractivity contribution is 0.629. The van der Waals surface area contributed by atoms with Gasteiger partial charge in [-0.15, -0.1) is 0 Å². The maximum Gasteiger partial charge on any atom is 0.125 e. The van der Waals surface area contributed by atoms with E-state index in [2.05, 4.69) is 10.2 Å². The molecule has 0 atom stereocenters. The zero-order chi connectivity index (χ0) is 9.42. The molecule has 0 aliphatic heterocycles. The SMILES string of the molecule is Cc1nncc2c(Cl)cc(F)cc12. The van der Waals surface area contributed by atoms with Crippen molar-refractivity contribution in [2.45, 2.75) is 6.92 Å². The van der Waals surface area contributed by atoms with E-state index in [4.69, 9.17) is 11.6 Å². The van der Waals surface area contributed by atoms with E-state index in [1.165, 1.54) is 18.3 Å². The highest BCUT2D eigenvalue weighted by Gasteiger charge is 2.05. The van der Waals surface area contributed by atoms with Crippen molar-refractivity contribution in [1.29, 1.82) is 0 Å². The molecule has 13 heavy (non-hydrogen) atoms. The second kappa shape index (κ2) is 2.92. The van der Waals surface area contributed by atoms with Crippen molar-refractivity contribution < 1.29 is 4.39 Å². The summed E-state index contributed by atoms with van der Waals surface area (Å²) < 4.78 is 12.9. The molecule has 0 amide bonds. The summed E-state index contributed by atoms with van der Waals surface area (Å²) in [5, 5.41) is 9.37. The molecule has 1 aromatic carbocycles. The van der Waals surface area contributed by atoms with Crippen LogP contribution in [0.15, 0.2) is 18.3 Å². The smallest absolute Gasteiger partial charge is 0.125 e. The van der Waals surface area contributed by atoms with E-state index in [9.17, 15) is 4.39 Å². The van der Waals surface area contributed by atoms with Gasteiger partial charge in [-0.25, -0.2) is 4.39 Å². The Hall–Kier alpha value is -1.22. The molecule has 4 heteroatoms. The fourth-order valence-electron chi connectivity index (χ4n) is 1.24. The summed E-state index contributed by atoms with van der Waals surface area (Å²) in [5.74, 6) is -0.353. The Balaban J connectivity index is 2.94. The van der Waals surface area contributed by atoms with E-state index in [-0.39, 0.29) is 5.82 Å². The molecule has 66 valence electrons. The third-order valence-electron chi connectivity index (χ3n) is 1.88. The standard InChI is InChI=1S/C9H6ClFN2/c1-5-7-2-6(11)3-9(10)8(7)4-12-13-5/h2-4H,1H3. The largest absolute Gasteiger partial charge is 0.207 e. The zero-order valence-electron chi connectivity index (χ0n) is 6.88. The van der Waals surface area contributed by atoms with Crippen molar-refractivity contribution in [2.24, 2.45) is 0 Å². The van der Waals surface area contributed by atoms with Gasteiger partial charge in [-0.05, 0) is 19.1 Å². The first-order valence-electron chi connectivity index (χ1n) is 3.75. The number of rotatable bonds is 0. The minimum Gasteiger partial charge on any atom is -0.207 e. The predicted molar refractivity (Wildman–Crippen MR) is 49.2 cm³/mol. The van der Waals surface area contributed by atoms with E-state index in [0.717, 1.165) is 5.39 Å². The van der Waals surface area contributed by atoms with Crippen molar-refractivity contribution in [3.8, 4) is 0 Å². The number of hydrogen-bond donors (Lipinski definition) is 0. The normalized spacial score (nSPS) is 10.7. The van der Waals surface area contributed by atoms with Gasteiger partial charge < -0.3 is 0 Å². The lowest BCUT2D eigenvalue weighted by atomic mass is 10.1. The quantitative estimate of drug-likeness (QED) is 0.648. The molecule has 0 saturated heterocycles. The van der Waals surface area contributed by atoms with Gasteiger partial charge in [-0.1, -0.05) is 11.6 Å². The molecular formula is C9H6ClFN2. The van der Waals surface area contributed by atoms with Crippen LogP contribution in [0.5, 0.6) is 0 Å². The molecule has 2 aromatic rings. The van der Waals surface area contributed by atoms with Gasteiger partial charge in [0.2, 0.25) is 0 Å². The van der Waals surface area contributed by atoms with Crippen molar-refractivity contribution in [1.82, 2.24) is 10.2 Å². The second-order valence-electron chi connectivity index (χ2n) is 2.78. The summed E-state index contributed by atoms with van der Waals surface area (Å²) in [5.41, 5.74) is 0.680. The molecule has 0 N–H and O–H groups in total. The number of benzene rings is 1. The van der Waals surface area contributed by atoms with E-state index >= 15 is 0 Å². The third-order valence-corrected chi connectivity index (χ3v) is 2.19. The first-order valence-corrected chi connectivity index (χ1v) is 4.13. The van der Waals surface area contributed by atoms with Crippen LogP contribution in [-0.2, 0) is 0 Å². The van der Waals surface area contributed by atoms with Gasteiger partial charge in [-0.2, -0.15) is 10.2 Å². The molecule has 0 aliphatic carbocycles. The van der Waals surface area contributed by atoms with Crippen molar-refractivity contribution in [3.05, 3.63) is 34.9 Å². The van der Waals surface area contributed by atoms with E-state index in [1.54, 1.807) is 6.92 Å². The highest BCUT2D eigenvalue weighted by Crippen LogP contribution is 2.24. The summed E-state index contributed by atoms with van der Waals surface area (Å²) in [4.78, 5) is 0. The maximum atomic E-state index is 12.9. The van der Waals surface area contributed by atoms with Crippen LogP contribution in [0, 0.1) is 12.7 Å². The van der Waals surface area contributed by atoms with Crippen LogP contribution in [0.1, 0.15) is 5.69 Å². The fourth-order valence-corrected chi connectivity index (χ4v) is 1.50. The van der Waals surface area contributed by atoms with Crippen molar-refractivity contribution >= 4 is 22.4 Å². The third kappa shape index (κ3) is 1.35. The summed E-state index contributed by atoms with van der Waals surface area (Å²) in [6.07, 6.45) is 1.53. The van der Waals surface area contributed by atoms with E-state index in [0.29, 0.717) is 16.1 Å². The number of aromatic nitrogens is 2. The molecule has 2 nitrogen and oxygen atoms in total. The predicted octanol–water partition coefficient (Wildman–Crippen LogP) is 2.73. The molecule has 0 aliphatic rings. The Morgan fingerprint density at radius 1 is 1.31 bits per heavy atom. The van der Waals surface area contributed by atoms with E-state index < -0.39 is 0 Å². The second-order valence-corrected chi connectivity index (χ2v) is 3.19. The number of aryl methyl sites for hydroxylation is 1. The van der Waals surface area contributed by atoms with E-state index in [1.807, 2.05) is 0 Å². The lowest BCUT2D eigenvalue weighted by Gasteiger charge is -2.01. The van der Waals surface area contributed by atoms with Crippen LogP contribution in [0.2, 0.25) is 5.02 Å². The highest BCUT2D eigenvalue weighted by molar-refractivity contribution is 6.35. The van der Waals surface area contributed by atoms with Crippen LogP contribution in [0.3, 0.4) is 0 Å². The summed E-state index contributed by atoms with van der Waals surface area (Å²) in [7, 11) is 0. The molecule has 0 radical (unpaired) electrons. The highest BCUT2D eigenvalue weighted by atomic mass is 35.5. The molecular weight excluding hydrogens is 191 g/mol. The minimum absolute atomic E-state index is 0.353. The van der Waals surface area contributed by atoms with Gasteiger partial charge in [0.15, 0.2) is 0 Å². The first-order chi connectivity index (χ1) is 6.18. The Morgan fingerprint density at radius 3 is 2.85 bits per heavy atom. The molecule has 0 fully saturated rings. The van der Waals surface area contributed by atoms with Crippen LogP contribution >= 0.6 is 11.6 Å². The monoisotopic (exact) mass is 196 g/mol. The number of nitrogens with zero attached hydrogens (tertiary/aromatic N) is 2. The Morgan fingerprint density at radius 2 is 2.08 bits per heavy atom. The summed E-state index contributed by atoms with van der Waals surface area (Å²) >= 11 is 5.83. The molecule has 1 aromatic heterocycles. The van der Waals surface area contributed by atoms with Crippen molar-refractivity contribution in [2.75, 3.05) is 0 Å².